The van der Waals surface area contributed by atoms with E-state index in [1.807, 2.05) is 0 Å². The van der Waals surface area contributed by atoms with Crippen LogP contribution in [0.5, 0.6) is 0 Å². The Bertz CT molecular complexity index is 997. The van der Waals surface area contributed by atoms with Crippen LogP contribution in [0.2, 0.25) is 0 Å². The quantitative estimate of drug-likeness (QED) is 0.531. The molecule has 0 aliphatic carbocycles. The third-order valence-corrected chi connectivity index (χ3v) is 3.85. The minimum Gasteiger partial charge on any atom is -0.355 e. The lowest BCUT2D eigenvalue weighted by Gasteiger charge is -2.08. The van der Waals surface area contributed by atoms with E-state index in [1.165, 1.54) is 42.3 Å². The lowest BCUT2D eigenvalue weighted by Crippen LogP contribution is -2.18. The molecule has 2 amide bonds. The zero-order valence-electron chi connectivity index (χ0n) is 14.2. The summed E-state index contributed by atoms with van der Waals surface area (Å²) in [4.78, 5) is 38.7. The van der Waals surface area contributed by atoms with Crippen molar-refractivity contribution in [3.05, 3.63) is 82.4 Å². The number of nitrogens with one attached hydrogen (secondary N) is 2. The van der Waals surface area contributed by atoms with Gasteiger partial charge in [-0.3, -0.25) is 19.7 Å². The summed E-state index contributed by atoms with van der Waals surface area (Å²) >= 11 is 0. The molecule has 0 aliphatic heterocycles. The number of amides is 2. The van der Waals surface area contributed by atoms with Gasteiger partial charge in [-0.15, -0.1) is 0 Å². The first kappa shape index (κ1) is 17.8. The number of carbonyl (C=O) groups is 2. The minimum absolute atomic E-state index is 0.140. The van der Waals surface area contributed by atoms with E-state index >= 15 is 0 Å². The zero-order valence-corrected chi connectivity index (χ0v) is 14.2. The first-order valence-corrected chi connectivity index (χ1v) is 7.90. The summed E-state index contributed by atoms with van der Waals surface area (Å²) in [6, 6.07) is 10.5. The molecule has 3 rings (SSSR count). The maximum atomic E-state index is 12.4. The van der Waals surface area contributed by atoms with Crippen LogP contribution < -0.4 is 10.6 Å². The summed E-state index contributed by atoms with van der Waals surface area (Å²) in [6.07, 6.45) is 4.53. The Balaban J connectivity index is 1.83. The molecular weight excluding hydrogens is 350 g/mol. The van der Waals surface area contributed by atoms with Crippen LogP contribution in [0.4, 0.5) is 11.4 Å². The van der Waals surface area contributed by atoms with Crippen LogP contribution in [0.3, 0.4) is 0 Å². The molecule has 0 radical (unpaired) electrons. The number of benzene rings is 2. The van der Waals surface area contributed by atoms with E-state index in [9.17, 15) is 19.7 Å². The van der Waals surface area contributed by atoms with Crippen LogP contribution in [0, 0.1) is 10.1 Å². The zero-order chi connectivity index (χ0) is 19.4. The molecule has 0 saturated heterocycles. The van der Waals surface area contributed by atoms with Crippen LogP contribution in [0.15, 0.2) is 61.2 Å². The Kier molecular flexibility index (Phi) is 4.93. The molecule has 136 valence electrons. The summed E-state index contributed by atoms with van der Waals surface area (Å²) in [5.74, 6) is -0.735. The molecule has 0 spiro atoms. The van der Waals surface area contributed by atoms with Gasteiger partial charge in [-0.25, -0.2) is 4.98 Å². The fraction of sp³-hybridized carbons (Fsp3) is 0.0556. The van der Waals surface area contributed by atoms with E-state index in [1.54, 1.807) is 30.5 Å². The molecule has 2 N–H and O–H groups in total. The van der Waals surface area contributed by atoms with Crippen LogP contribution in [0.1, 0.15) is 20.7 Å². The molecule has 0 fully saturated rings. The third-order valence-electron chi connectivity index (χ3n) is 3.85. The molecule has 0 saturated carbocycles. The molecule has 27 heavy (non-hydrogen) atoms. The number of imidazole rings is 1. The fourth-order valence-corrected chi connectivity index (χ4v) is 2.48. The maximum absolute atomic E-state index is 12.4. The highest BCUT2D eigenvalue weighted by molar-refractivity contribution is 6.05. The van der Waals surface area contributed by atoms with E-state index < -0.39 is 10.8 Å². The summed E-state index contributed by atoms with van der Waals surface area (Å²) in [5, 5.41) is 16.5. The first-order chi connectivity index (χ1) is 13.0. The molecule has 3 aromatic rings. The van der Waals surface area contributed by atoms with Gasteiger partial charge in [0.25, 0.3) is 17.5 Å². The van der Waals surface area contributed by atoms with Gasteiger partial charge >= 0.3 is 0 Å². The first-order valence-electron chi connectivity index (χ1n) is 7.90. The molecule has 2 aromatic carbocycles. The van der Waals surface area contributed by atoms with E-state index in [4.69, 9.17) is 0 Å². The summed E-state index contributed by atoms with van der Waals surface area (Å²) in [5.41, 5.74) is 1.16. The van der Waals surface area contributed by atoms with Gasteiger partial charge in [-0.2, -0.15) is 0 Å². The van der Waals surface area contributed by atoms with Gasteiger partial charge in [0.05, 0.1) is 11.3 Å². The Morgan fingerprint density at radius 3 is 2.37 bits per heavy atom. The van der Waals surface area contributed by atoms with Gasteiger partial charge < -0.3 is 15.2 Å². The number of nitro benzene ring substituents is 1. The second kappa shape index (κ2) is 7.48. The van der Waals surface area contributed by atoms with Crippen LogP contribution in [-0.2, 0) is 0 Å². The van der Waals surface area contributed by atoms with Crippen molar-refractivity contribution in [1.29, 1.82) is 0 Å². The number of carbonyl (C=O) groups excluding carboxylic acids is 2. The smallest absolute Gasteiger partial charge is 0.294 e. The van der Waals surface area contributed by atoms with Crippen molar-refractivity contribution in [2.45, 2.75) is 0 Å². The summed E-state index contributed by atoms with van der Waals surface area (Å²) in [6.45, 7) is 0. The van der Waals surface area contributed by atoms with Crippen molar-refractivity contribution in [1.82, 2.24) is 14.9 Å². The second-order valence-electron chi connectivity index (χ2n) is 5.54. The molecule has 0 unspecified atom stereocenters. The molecule has 1 heterocycles. The predicted molar refractivity (Wildman–Crippen MR) is 98.0 cm³/mol. The number of hydrogen-bond donors (Lipinski definition) is 2. The second-order valence-corrected chi connectivity index (χ2v) is 5.54. The number of rotatable bonds is 5. The number of nitrogens with zero attached hydrogens (tertiary/aromatic N) is 3. The Morgan fingerprint density at radius 2 is 1.78 bits per heavy atom. The van der Waals surface area contributed by atoms with Crippen LogP contribution in [-0.4, -0.2) is 33.3 Å². The molecule has 0 aliphatic rings. The Hall–Kier alpha value is -4.01. The van der Waals surface area contributed by atoms with Gasteiger partial charge in [0.2, 0.25) is 0 Å². The average molecular weight is 365 g/mol. The largest absolute Gasteiger partial charge is 0.355 e. The van der Waals surface area contributed by atoms with Crippen LogP contribution in [0.25, 0.3) is 5.69 Å². The molecule has 9 nitrogen and oxygen atoms in total. The maximum Gasteiger partial charge on any atom is 0.294 e. The van der Waals surface area contributed by atoms with E-state index in [-0.39, 0.29) is 17.2 Å². The van der Waals surface area contributed by atoms with Crippen molar-refractivity contribution >= 4 is 23.2 Å². The lowest BCUT2D eigenvalue weighted by molar-refractivity contribution is -0.384. The van der Waals surface area contributed by atoms with E-state index in [0.717, 1.165) is 0 Å². The molecular formula is C18H15N5O4. The number of anilines is 1. The highest BCUT2D eigenvalue weighted by atomic mass is 16.6. The number of aromatic nitrogens is 2. The van der Waals surface area contributed by atoms with Gasteiger partial charge in [-0.05, 0) is 36.4 Å². The van der Waals surface area contributed by atoms with Gasteiger partial charge in [0, 0.05) is 42.3 Å². The fourth-order valence-electron chi connectivity index (χ4n) is 2.48. The van der Waals surface area contributed by atoms with Crippen molar-refractivity contribution in [3.63, 3.8) is 0 Å². The van der Waals surface area contributed by atoms with Gasteiger partial charge in [0.1, 0.15) is 5.69 Å². The average Bonchev–Trinajstić information content (AvgIpc) is 3.22. The third kappa shape index (κ3) is 3.82. The normalized spacial score (nSPS) is 10.3. The van der Waals surface area contributed by atoms with E-state index in [0.29, 0.717) is 16.9 Å². The minimum atomic E-state index is -0.551. The molecule has 1 aromatic heterocycles. The topological polar surface area (TPSA) is 119 Å². The van der Waals surface area contributed by atoms with Crippen molar-refractivity contribution in [2.24, 2.45) is 0 Å². The van der Waals surface area contributed by atoms with Crippen molar-refractivity contribution < 1.29 is 14.5 Å². The standard InChI is InChI=1S/C18H15N5O4/c1-19-17(24)12-2-5-14(6-3-12)21-18(25)13-4-7-15(16(10-13)23(26)27)22-9-8-20-11-22/h2-11H,1H3,(H,19,24)(H,21,25). The van der Waals surface area contributed by atoms with Crippen molar-refractivity contribution in [3.8, 4) is 5.69 Å². The SMILES string of the molecule is CNC(=O)c1ccc(NC(=O)c2ccc(-n3ccnc3)c([N+](=O)[O-])c2)cc1. The Labute approximate surface area is 153 Å². The van der Waals surface area contributed by atoms with Gasteiger partial charge in [0.15, 0.2) is 0 Å². The lowest BCUT2D eigenvalue weighted by atomic mass is 10.1. The number of nitro groups is 1. The summed E-state index contributed by atoms with van der Waals surface area (Å²) < 4.78 is 1.50. The molecule has 0 atom stereocenters. The molecule has 0 bridgehead atoms. The Morgan fingerprint density at radius 1 is 1.07 bits per heavy atom. The van der Waals surface area contributed by atoms with Gasteiger partial charge in [-0.1, -0.05) is 0 Å². The summed E-state index contributed by atoms with van der Waals surface area (Å²) in [7, 11) is 1.53. The van der Waals surface area contributed by atoms with E-state index in [2.05, 4.69) is 15.6 Å². The number of hydrogen-bond acceptors (Lipinski definition) is 5. The van der Waals surface area contributed by atoms with Crippen LogP contribution >= 0.6 is 0 Å². The highest BCUT2D eigenvalue weighted by Crippen LogP contribution is 2.24. The monoisotopic (exact) mass is 365 g/mol. The molecule has 9 heteroatoms. The highest BCUT2D eigenvalue weighted by Gasteiger charge is 2.19. The van der Waals surface area contributed by atoms with Crippen molar-refractivity contribution in [2.75, 3.05) is 12.4 Å². The predicted octanol–water partition coefficient (Wildman–Crippen LogP) is 2.39.